The van der Waals surface area contributed by atoms with Crippen LogP contribution in [0.25, 0.3) is 0 Å². The van der Waals surface area contributed by atoms with Crippen LogP contribution in [0.4, 0.5) is 4.79 Å². The van der Waals surface area contributed by atoms with Crippen LogP contribution in [0.1, 0.15) is 54.4 Å². The Hall–Kier alpha value is -1.52. The smallest absolute Gasteiger partial charge is 0.408 e. The summed E-state index contributed by atoms with van der Waals surface area (Å²) in [6.45, 7) is 14.4. The van der Waals surface area contributed by atoms with Crippen LogP contribution in [0, 0.1) is 0 Å². The summed E-state index contributed by atoms with van der Waals surface area (Å²) < 4.78 is 7.28. The van der Waals surface area contributed by atoms with Crippen LogP contribution in [0.3, 0.4) is 0 Å². The monoisotopic (exact) mass is 508 g/mol. The first-order valence-corrected chi connectivity index (χ1v) is 9.74. The van der Waals surface area contributed by atoms with Crippen LogP contribution < -0.4 is 16.0 Å². The molecular weight excluding hydrogens is 471 g/mol. The van der Waals surface area contributed by atoms with Gasteiger partial charge in [-0.2, -0.15) is 5.10 Å². The maximum Gasteiger partial charge on any atom is 0.408 e. The van der Waals surface area contributed by atoms with Crippen LogP contribution in [0.5, 0.6) is 0 Å². The predicted molar refractivity (Wildman–Crippen MR) is 124 cm³/mol. The third-order valence-electron chi connectivity index (χ3n) is 4.20. The Balaban J connectivity index is 0.00000729. The molecule has 0 aliphatic heterocycles. The molecule has 1 rings (SSSR count). The second-order valence-corrected chi connectivity index (χ2v) is 7.51. The lowest BCUT2D eigenvalue weighted by atomic mass is 9.93. The number of nitrogens with zero attached hydrogens (tertiary/aromatic N) is 3. The average molecular weight is 508 g/mol. The molecule has 0 fully saturated rings. The van der Waals surface area contributed by atoms with Gasteiger partial charge < -0.3 is 20.7 Å². The molecule has 0 aliphatic rings. The molecule has 0 aromatic carbocycles. The number of ether oxygens (including phenoxy) is 1. The molecule has 8 nitrogen and oxygen atoms in total. The molecule has 0 radical (unpaired) electrons. The zero-order chi connectivity index (χ0) is 20.3. The first-order valence-electron chi connectivity index (χ1n) is 9.74. The minimum Gasteiger partial charge on any atom is -0.444 e. The van der Waals surface area contributed by atoms with Gasteiger partial charge in [-0.05, 0) is 46.6 Å². The van der Waals surface area contributed by atoms with E-state index in [2.05, 4.69) is 34.9 Å². The highest BCUT2D eigenvalue weighted by Gasteiger charge is 2.30. The minimum absolute atomic E-state index is 0. The molecule has 0 atom stereocenters. The maximum atomic E-state index is 12.2. The number of hydrogen-bond acceptors (Lipinski definition) is 4. The van der Waals surface area contributed by atoms with Crippen molar-refractivity contribution >= 4 is 36.0 Å². The highest BCUT2D eigenvalue weighted by Crippen LogP contribution is 2.17. The van der Waals surface area contributed by atoms with Crippen molar-refractivity contribution < 1.29 is 9.53 Å². The Labute approximate surface area is 186 Å². The lowest BCUT2D eigenvalue weighted by molar-refractivity contribution is 0.0452. The highest BCUT2D eigenvalue weighted by atomic mass is 127. The van der Waals surface area contributed by atoms with Gasteiger partial charge in [0.1, 0.15) is 5.60 Å². The molecule has 1 amide bonds. The summed E-state index contributed by atoms with van der Waals surface area (Å²) in [5.74, 6) is 0.724. The van der Waals surface area contributed by atoms with E-state index < -0.39 is 17.2 Å². The van der Waals surface area contributed by atoms with Gasteiger partial charge in [-0.1, -0.05) is 13.8 Å². The summed E-state index contributed by atoms with van der Waals surface area (Å²) in [6.07, 6.45) is 4.81. The molecule has 1 heterocycles. The molecule has 0 saturated heterocycles. The van der Waals surface area contributed by atoms with Gasteiger partial charge in [-0.3, -0.25) is 9.67 Å². The molecule has 1 aromatic rings. The Morgan fingerprint density at radius 3 is 2.36 bits per heavy atom. The number of carbonyl (C=O) groups is 1. The summed E-state index contributed by atoms with van der Waals surface area (Å²) in [7, 11) is 0. The molecule has 9 heteroatoms. The molecule has 0 saturated carbocycles. The van der Waals surface area contributed by atoms with Gasteiger partial charge in [0.25, 0.3) is 0 Å². The van der Waals surface area contributed by atoms with Crippen LogP contribution in [-0.2, 0) is 11.3 Å². The van der Waals surface area contributed by atoms with E-state index in [0.29, 0.717) is 13.1 Å². The minimum atomic E-state index is -0.524. The number of aliphatic imine (C=N–C) groups is 1. The number of carbonyl (C=O) groups excluding carboxylic acids is 1. The Kier molecular flexibility index (Phi) is 12.1. The zero-order valence-electron chi connectivity index (χ0n) is 18.0. The van der Waals surface area contributed by atoms with Crippen molar-refractivity contribution in [1.82, 2.24) is 25.7 Å². The first-order chi connectivity index (χ1) is 12.7. The number of guanidine groups is 1. The van der Waals surface area contributed by atoms with E-state index in [-0.39, 0.29) is 24.0 Å². The summed E-state index contributed by atoms with van der Waals surface area (Å²) >= 11 is 0. The van der Waals surface area contributed by atoms with Gasteiger partial charge in [0.2, 0.25) is 0 Å². The quantitative estimate of drug-likeness (QED) is 0.271. The molecule has 1 aromatic heterocycles. The topological polar surface area (TPSA) is 92.6 Å². The van der Waals surface area contributed by atoms with E-state index in [9.17, 15) is 4.79 Å². The molecule has 28 heavy (non-hydrogen) atoms. The number of rotatable bonds is 9. The lowest BCUT2D eigenvalue weighted by Gasteiger charge is -2.32. The molecule has 3 N–H and O–H groups in total. The van der Waals surface area contributed by atoms with E-state index >= 15 is 0 Å². The fourth-order valence-corrected chi connectivity index (χ4v) is 2.50. The van der Waals surface area contributed by atoms with Crippen molar-refractivity contribution in [2.45, 2.75) is 72.1 Å². The van der Waals surface area contributed by atoms with E-state index in [1.54, 1.807) is 6.20 Å². The normalized spacial score (nSPS) is 12.1. The predicted octanol–water partition coefficient (Wildman–Crippen LogP) is 3.14. The third kappa shape index (κ3) is 10.1. The highest BCUT2D eigenvalue weighted by molar-refractivity contribution is 14.0. The Morgan fingerprint density at radius 2 is 1.86 bits per heavy atom. The van der Waals surface area contributed by atoms with Crippen molar-refractivity contribution in [3.05, 3.63) is 18.5 Å². The van der Waals surface area contributed by atoms with Gasteiger partial charge >= 0.3 is 6.09 Å². The number of halogens is 1. The van der Waals surface area contributed by atoms with Crippen molar-refractivity contribution in [2.75, 3.05) is 19.6 Å². The van der Waals surface area contributed by atoms with Crippen molar-refractivity contribution in [1.29, 1.82) is 0 Å². The van der Waals surface area contributed by atoms with E-state index in [1.165, 1.54) is 0 Å². The summed E-state index contributed by atoms with van der Waals surface area (Å²) in [5, 5.41) is 13.8. The maximum absolute atomic E-state index is 12.2. The van der Waals surface area contributed by atoms with Gasteiger partial charge in [0.15, 0.2) is 5.96 Å². The van der Waals surface area contributed by atoms with Crippen molar-refractivity contribution in [3.63, 3.8) is 0 Å². The standard InChI is InChI=1S/C19H36N6O2.HI/c1-7-19(8-2,24-17(26)27-18(4,5)6)15-22-16(20-9-3)21-12-14-25-13-10-11-23-25;/h10-11,13H,7-9,12,14-15H2,1-6H3,(H,24,26)(H2,20,21,22);1H. The number of nitrogens with one attached hydrogen (secondary N) is 3. The SMILES string of the molecule is CCNC(=NCC(CC)(CC)NC(=O)OC(C)(C)C)NCCn1cccn1.I. The first kappa shape index (κ1) is 26.5. The van der Waals surface area contributed by atoms with Gasteiger partial charge in [0.05, 0.1) is 18.6 Å². The van der Waals surface area contributed by atoms with Crippen molar-refractivity contribution in [2.24, 2.45) is 4.99 Å². The van der Waals surface area contributed by atoms with Crippen LogP contribution >= 0.6 is 24.0 Å². The van der Waals surface area contributed by atoms with Gasteiger partial charge in [0, 0.05) is 25.5 Å². The second kappa shape index (κ2) is 12.8. The lowest BCUT2D eigenvalue weighted by Crippen LogP contribution is -2.52. The number of amides is 1. The number of hydrogen-bond donors (Lipinski definition) is 3. The third-order valence-corrected chi connectivity index (χ3v) is 4.20. The van der Waals surface area contributed by atoms with Gasteiger partial charge in [-0.25, -0.2) is 4.79 Å². The fourth-order valence-electron chi connectivity index (χ4n) is 2.50. The molecule has 0 unspecified atom stereocenters. The zero-order valence-corrected chi connectivity index (χ0v) is 20.4. The molecule has 0 bridgehead atoms. The molecular formula is C19H37IN6O2. The van der Waals surface area contributed by atoms with Crippen LogP contribution in [0.2, 0.25) is 0 Å². The summed E-state index contributed by atoms with van der Waals surface area (Å²) in [5.41, 5.74) is -0.962. The fraction of sp³-hybridized carbons (Fsp3) is 0.737. The average Bonchev–Trinajstić information content (AvgIpc) is 3.10. The molecule has 0 aliphatic carbocycles. The van der Waals surface area contributed by atoms with Crippen LogP contribution in [-0.4, -0.2) is 52.6 Å². The van der Waals surface area contributed by atoms with Gasteiger partial charge in [-0.15, -0.1) is 24.0 Å². The summed E-state index contributed by atoms with van der Waals surface area (Å²) in [6, 6.07) is 1.90. The van der Waals surface area contributed by atoms with E-state index in [0.717, 1.165) is 31.9 Å². The van der Waals surface area contributed by atoms with E-state index in [1.807, 2.05) is 44.6 Å². The largest absolute Gasteiger partial charge is 0.444 e. The second-order valence-electron chi connectivity index (χ2n) is 7.51. The van der Waals surface area contributed by atoms with Crippen LogP contribution in [0.15, 0.2) is 23.5 Å². The van der Waals surface area contributed by atoms with E-state index in [4.69, 9.17) is 9.73 Å². The summed E-state index contributed by atoms with van der Waals surface area (Å²) in [4.78, 5) is 16.9. The Bertz CT molecular complexity index is 580. The molecule has 0 spiro atoms. The van der Waals surface area contributed by atoms with Crippen molar-refractivity contribution in [3.8, 4) is 0 Å². The Morgan fingerprint density at radius 1 is 1.18 bits per heavy atom. The number of alkyl carbamates (subject to hydrolysis) is 1. The molecule has 162 valence electrons. The number of aromatic nitrogens is 2.